The molecule has 1 aliphatic heterocycles. The first-order valence-electron chi connectivity index (χ1n) is 9.23. The molecule has 7 nitrogen and oxygen atoms in total. The summed E-state index contributed by atoms with van der Waals surface area (Å²) in [6.07, 6.45) is 3.28. The van der Waals surface area contributed by atoms with Crippen LogP contribution in [0.3, 0.4) is 0 Å². The predicted molar refractivity (Wildman–Crippen MR) is 102 cm³/mol. The number of aromatic nitrogens is 4. The van der Waals surface area contributed by atoms with E-state index in [1.807, 2.05) is 49.7 Å². The topological polar surface area (TPSA) is 85.8 Å². The van der Waals surface area contributed by atoms with Gasteiger partial charge in [-0.15, -0.1) is 0 Å². The summed E-state index contributed by atoms with van der Waals surface area (Å²) in [4.78, 5) is 17.4. The summed E-state index contributed by atoms with van der Waals surface area (Å²) in [6.45, 7) is 6.95. The standard InChI is InChI=1S/C20H23N5O2/c1-20(2,3)19-22-18(27-24-19)15-10-5-4-9-14(15)17(26)21-16-12-13-8-6-7-11-25(13)23-16/h4-5,9-10,12H,6-8,11H2,1-3H3,(H,21,23,26). The Labute approximate surface area is 157 Å². The smallest absolute Gasteiger partial charge is 0.258 e. The quantitative estimate of drug-likeness (QED) is 0.762. The van der Waals surface area contributed by atoms with Crippen molar-refractivity contribution in [3.63, 3.8) is 0 Å². The Bertz CT molecular complexity index is 957. The highest BCUT2D eigenvalue weighted by Crippen LogP contribution is 2.27. The number of carbonyl (C=O) groups is 1. The molecule has 0 unspecified atom stereocenters. The van der Waals surface area contributed by atoms with E-state index in [-0.39, 0.29) is 11.3 Å². The summed E-state index contributed by atoms with van der Waals surface area (Å²) >= 11 is 0. The molecule has 1 aliphatic rings. The zero-order valence-corrected chi connectivity index (χ0v) is 15.8. The van der Waals surface area contributed by atoms with E-state index in [9.17, 15) is 4.79 Å². The fourth-order valence-corrected chi connectivity index (χ4v) is 3.17. The number of carbonyl (C=O) groups excluding carboxylic acids is 1. The van der Waals surface area contributed by atoms with Crippen LogP contribution < -0.4 is 5.32 Å². The SMILES string of the molecule is CC(C)(C)c1noc(-c2ccccc2C(=O)Nc2cc3n(n2)CCCC3)n1. The van der Waals surface area contributed by atoms with Gasteiger partial charge < -0.3 is 9.84 Å². The number of nitrogens with one attached hydrogen (secondary N) is 1. The maximum atomic E-state index is 12.9. The summed E-state index contributed by atoms with van der Waals surface area (Å²) in [5.74, 6) is 1.29. The number of amides is 1. The Morgan fingerprint density at radius 2 is 2.04 bits per heavy atom. The van der Waals surface area contributed by atoms with Crippen molar-refractivity contribution in [1.82, 2.24) is 19.9 Å². The monoisotopic (exact) mass is 365 g/mol. The van der Waals surface area contributed by atoms with E-state index in [0.717, 1.165) is 31.5 Å². The molecular formula is C20H23N5O2. The Balaban J connectivity index is 1.61. The lowest BCUT2D eigenvalue weighted by Crippen LogP contribution is -2.15. The third-order valence-electron chi connectivity index (χ3n) is 4.66. The minimum Gasteiger partial charge on any atom is -0.334 e. The summed E-state index contributed by atoms with van der Waals surface area (Å²) in [6, 6.07) is 9.18. The van der Waals surface area contributed by atoms with Gasteiger partial charge in [0.05, 0.1) is 11.1 Å². The fourth-order valence-electron chi connectivity index (χ4n) is 3.17. The zero-order chi connectivity index (χ0) is 19.0. The van der Waals surface area contributed by atoms with Crippen LogP contribution >= 0.6 is 0 Å². The first-order valence-corrected chi connectivity index (χ1v) is 9.23. The van der Waals surface area contributed by atoms with Gasteiger partial charge in [0.2, 0.25) is 0 Å². The van der Waals surface area contributed by atoms with Crippen LogP contribution in [0.2, 0.25) is 0 Å². The zero-order valence-electron chi connectivity index (χ0n) is 15.8. The van der Waals surface area contributed by atoms with Gasteiger partial charge in [-0.3, -0.25) is 9.48 Å². The normalized spacial score (nSPS) is 14.0. The number of hydrogen-bond acceptors (Lipinski definition) is 5. The predicted octanol–water partition coefficient (Wildman–Crippen LogP) is 3.82. The molecule has 2 aromatic heterocycles. The van der Waals surface area contributed by atoms with E-state index in [2.05, 4.69) is 20.6 Å². The van der Waals surface area contributed by atoms with E-state index >= 15 is 0 Å². The van der Waals surface area contributed by atoms with Crippen molar-refractivity contribution in [3.8, 4) is 11.5 Å². The largest absolute Gasteiger partial charge is 0.334 e. The highest BCUT2D eigenvalue weighted by atomic mass is 16.5. The number of fused-ring (bicyclic) bond motifs is 1. The summed E-state index contributed by atoms with van der Waals surface area (Å²) < 4.78 is 7.39. The molecule has 4 rings (SSSR count). The third kappa shape index (κ3) is 3.49. The second-order valence-corrected chi connectivity index (χ2v) is 7.87. The lowest BCUT2D eigenvalue weighted by atomic mass is 9.96. The van der Waals surface area contributed by atoms with Crippen LogP contribution in [-0.4, -0.2) is 25.8 Å². The van der Waals surface area contributed by atoms with Gasteiger partial charge in [0.15, 0.2) is 11.6 Å². The third-order valence-corrected chi connectivity index (χ3v) is 4.66. The van der Waals surface area contributed by atoms with Crippen LogP contribution in [0.1, 0.15) is 55.5 Å². The Morgan fingerprint density at radius 3 is 2.78 bits per heavy atom. The Hall–Kier alpha value is -2.96. The summed E-state index contributed by atoms with van der Waals surface area (Å²) in [5.41, 5.74) is 2.03. The number of aryl methyl sites for hydroxylation is 2. The summed E-state index contributed by atoms with van der Waals surface area (Å²) in [7, 11) is 0. The Kier molecular flexibility index (Phi) is 4.30. The first-order chi connectivity index (χ1) is 12.9. The lowest BCUT2D eigenvalue weighted by molar-refractivity contribution is 0.102. The van der Waals surface area contributed by atoms with Gasteiger partial charge in [-0.2, -0.15) is 10.1 Å². The molecule has 0 bridgehead atoms. The van der Waals surface area contributed by atoms with Crippen LogP contribution in [0.5, 0.6) is 0 Å². The Morgan fingerprint density at radius 1 is 1.22 bits per heavy atom. The van der Waals surface area contributed by atoms with Crippen LogP contribution in [-0.2, 0) is 18.4 Å². The van der Waals surface area contributed by atoms with Gasteiger partial charge >= 0.3 is 0 Å². The number of anilines is 1. The first kappa shape index (κ1) is 17.5. The van der Waals surface area contributed by atoms with Gasteiger partial charge in [-0.25, -0.2) is 0 Å². The van der Waals surface area contributed by atoms with Crippen LogP contribution in [0, 0.1) is 0 Å². The molecule has 3 aromatic rings. The van der Waals surface area contributed by atoms with Crippen molar-refractivity contribution in [1.29, 1.82) is 0 Å². The van der Waals surface area contributed by atoms with Crippen LogP contribution in [0.25, 0.3) is 11.5 Å². The van der Waals surface area contributed by atoms with Gasteiger partial charge in [-0.1, -0.05) is 38.1 Å². The second-order valence-electron chi connectivity index (χ2n) is 7.87. The second kappa shape index (κ2) is 6.64. The van der Waals surface area contributed by atoms with Gasteiger partial charge in [0, 0.05) is 23.7 Å². The molecule has 27 heavy (non-hydrogen) atoms. The maximum absolute atomic E-state index is 12.9. The minimum absolute atomic E-state index is 0.228. The van der Waals surface area contributed by atoms with E-state index < -0.39 is 0 Å². The molecule has 1 N–H and O–H groups in total. The number of hydrogen-bond donors (Lipinski definition) is 1. The van der Waals surface area contributed by atoms with Crippen molar-refractivity contribution in [3.05, 3.63) is 47.4 Å². The summed E-state index contributed by atoms with van der Waals surface area (Å²) in [5, 5.41) is 11.4. The molecule has 1 amide bonds. The molecule has 0 radical (unpaired) electrons. The van der Waals surface area contributed by atoms with E-state index in [1.54, 1.807) is 6.07 Å². The number of nitrogens with zero attached hydrogens (tertiary/aromatic N) is 4. The molecule has 3 heterocycles. The average molecular weight is 365 g/mol. The van der Waals surface area contributed by atoms with Crippen LogP contribution in [0.15, 0.2) is 34.9 Å². The van der Waals surface area contributed by atoms with Gasteiger partial charge in [0.1, 0.15) is 0 Å². The molecule has 0 atom stereocenters. The average Bonchev–Trinajstić information content (AvgIpc) is 3.28. The van der Waals surface area contributed by atoms with Crippen molar-refractivity contribution < 1.29 is 9.32 Å². The molecule has 7 heteroatoms. The van der Waals surface area contributed by atoms with E-state index in [4.69, 9.17) is 4.52 Å². The van der Waals surface area contributed by atoms with Gasteiger partial charge in [-0.05, 0) is 31.4 Å². The fraction of sp³-hybridized carbons (Fsp3) is 0.400. The maximum Gasteiger partial charge on any atom is 0.258 e. The molecule has 0 saturated heterocycles. The van der Waals surface area contributed by atoms with E-state index in [1.165, 1.54) is 0 Å². The van der Waals surface area contributed by atoms with Crippen molar-refractivity contribution >= 4 is 11.7 Å². The van der Waals surface area contributed by atoms with E-state index in [0.29, 0.717) is 28.7 Å². The molecule has 140 valence electrons. The molecule has 1 aromatic carbocycles. The van der Waals surface area contributed by atoms with Crippen molar-refractivity contribution in [2.45, 2.75) is 52.0 Å². The van der Waals surface area contributed by atoms with Crippen LogP contribution in [0.4, 0.5) is 5.82 Å². The number of rotatable bonds is 3. The van der Waals surface area contributed by atoms with Gasteiger partial charge in [0.25, 0.3) is 11.8 Å². The molecule has 0 aliphatic carbocycles. The lowest BCUT2D eigenvalue weighted by Gasteiger charge is -2.11. The molecular weight excluding hydrogens is 342 g/mol. The molecule has 0 spiro atoms. The molecule has 0 saturated carbocycles. The minimum atomic E-state index is -0.239. The van der Waals surface area contributed by atoms with Crippen molar-refractivity contribution in [2.75, 3.05) is 5.32 Å². The molecule has 0 fully saturated rings. The highest BCUT2D eigenvalue weighted by molar-refractivity contribution is 6.07. The number of benzene rings is 1. The van der Waals surface area contributed by atoms with Crippen molar-refractivity contribution in [2.24, 2.45) is 0 Å². The highest BCUT2D eigenvalue weighted by Gasteiger charge is 2.24.